The Labute approximate surface area is 116 Å². The van der Waals surface area contributed by atoms with E-state index in [4.69, 9.17) is 0 Å². The molecular formula is C15H14FN3O. The van der Waals surface area contributed by atoms with E-state index in [1.807, 2.05) is 4.57 Å². The molecule has 0 radical (unpaired) electrons. The lowest BCUT2D eigenvalue weighted by molar-refractivity contribution is 0.139. The summed E-state index contributed by atoms with van der Waals surface area (Å²) < 4.78 is 15.8. The molecule has 0 amide bonds. The molecule has 1 N–H and O–H groups in total. The summed E-state index contributed by atoms with van der Waals surface area (Å²) in [4.78, 5) is 3.67. The van der Waals surface area contributed by atoms with Crippen LogP contribution in [0.2, 0.25) is 0 Å². The third kappa shape index (κ3) is 1.73. The molecule has 102 valence electrons. The van der Waals surface area contributed by atoms with E-state index in [9.17, 15) is 14.8 Å². The van der Waals surface area contributed by atoms with E-state index >= 15 is 0 Å². The number of rotatable bonds is 1. The van der Waals surface area contributed by atoms with Crippen molar-refractivity contribution < 1.29 is 9.50 Å². The number of aliphatic hydroxyl groups is 1. The number of nitriles is 1. The normalized spacial score (nSPS) is 17.6. The Morgan fingerprint density at radius 1 is 1.55 bits per heavy atom. The van der Waals surface area contributed by atoms with Gasteiger partial charge in [0.25, 0.3) is 0 Å². The molecule has 3 heterocycles. The highest BCUT2D eigenvalue weighted by molar-refractivity contribution is 5.69. The summed E-state index contributed by atoms with van der Waals surface area (Å²) in [6, 6.07) is 5.46. The maximum Gasteiger partial charge on any atom is 0.222 e. The van der Waals surface area contributed by atoms with E-state index < -0.39 is 12.1 Å². The molecule has 1 unspecified atom stereocenters. The van der Waals surface area contributed by atoms with Gasteiger partial charge in [-0.25, -0.2) is 4.98 Å². The lowest BCUT2D eigenvalue weighted by Crippen LogP contribution is -2.16. The summed E-state index contributed by atoms with van der Waals surface area (Å²) >= 11 is 0. The predicted octanol–water partition coefficient (Wildman–Crippen LogP) is 2.70. The summed E-state index contributed by atoms with van der Waals surface area (Å²) in [5, 5.41) is 19.5. The molecule has 1 aliphatic heterocycles. The molecule has 4 nitrogen and oxygen atoms in total. The zero-order valence-electron chi connectivity index (χ0n) is 11.1. The number of fused-ring (bicyclic) bond motifs is 1. The van der Waals surface area contributed by atoms with Gasteiger partial charge in [0, 0.05) is 12.7 Å². The maximum atomic E-state index is 14.0. The number of halogens is 1. The first kappa shape index (κ1) is 12.8. The van der Waals surface area contributed by atoms with E-state index in [-0.39, 0.29) is 0 Å². The third-order valence-corrected chi connectivity index (χ3v) is 3.85. The summed E-state index contributed by atoms with van der Waals surface area (Å²) in [5.41, 5.74) is 2.79. The van der Waals surface area contributed by atoms with Crippen molar-refractivity contribution in [1.82, 2.24) is 9.55 Å². The minimum absolute atomic E-state index is 0.377. The first-order valence-corrected chi connectivity index (χ1v) is 6.57. The average molecular weight is 271 g/mol. The molecular weight excluding hydrogens is 257 g/mol. The highest BCUT2D eigenvalue weighted by Gasteiger charge is 2.29. The van der Waals surface area contributed by atoms with Crippen molar-refractivity contribution in [3.8, 4) is 17.3 Å². The van der Waals surface area contributed by atoms with Crippen LogP contribution in [0.25, 0.3) is 11.3 Å². The Bertz CT molecular complexity index is 715. The fourth-order valence-corrected chi connectivity index (χ4v) is 2.98. The fraction of sp³-hybridized carbons (Fsp3) is 0.333. The van der Waals surface area contributed by atoms with Crippen molar-refractivity contribution >= 4 is 0 Å². The van der Waals surface area contributed by atoms with Gasteiger partial charge < -0.3 is 9.67 Å². The summed E-state index contributed by atoms with van der Waals surface area (Å²) in [6.07, 6.45) is 2.18. The molecule has 0 bridgehead atoms. The Balaban J connectivity index is 2.33. The van der Waals surface area contributed by atoms with E-state index in [0.29, 0.717) is 41.0 Å². The van der Waals surface area contributed by atoms with Crippen LogP contribution in [-0.2, 0) is 6.54 Å². The zero-order chi connectivity index (χ0) is 14.3. The second-order valence-electron chi connectivity index (χ2n) is 5.00. The molecule has 2 aromatic rings. The maximum absolute atomic E-state index is 14.0. The summed E-state index contributed by atoms with van der Waals surface area (Å²) in [6.45, 7) is 2.47. The van der Waals surface area contributed by atoms with Gasteiger partial charge in [-0.2, -0.15) is 9.65 Å². The number of pyridine rings is 1. The number of nitrogens with zero attached hydrogens (tertiary/aromatic N) is 3. The van der Waals surface area contributed by atoms with Gasteiger partial charge in [0.05, 0.1) is 28.6 Å². The zero-order valence-corrected chi connectivity index (χ0v) is 11.1. The number of aromatic nitrogens is 2. The van der Waals surface area contributed by atoms with Crippen LogP contribution in [0.5, 0.6) is 0 Å². The van der Waals surface area contributed by atoms with Crippen LogP contribution in [0.1, 0.15) is 35.8 Å². The van der Waals surface area contributed by atoms with Crippen LogP contribution < -0.4 is 0 Å². The van der Waals surface area contributed by atoms with Gasteiger partial charge in [0.15, 0.2) is 0 Å². The predicted molar refractivity (Wildman–Crippen MR) is 71.3 cm³/mol. The van der Waals surface area contributed by atoms with E-state index in [2.05, 4.69) is 11.1 Å². The minimum atomic E-state index is -0.661. The molecule has 20 heavy (non-hydrogen) atoms. The Morgan fingerprint density at radius 2 is 2.35 bits per heavy atom. The van der Waals surface area contributed by atoms with Crippen molar-refractivity contribution in [2.45, 2.75) is 32.4 Å². The summed E-state index contributed by atoms with van der Waals surface area (Å²) in [7, 11) is 0. The van der Waals surface area contributed by atoms with Gasteiger partial charge in [-0.1, -0.05) is 0 Å². The minimum Gasteiger partial charge on any atom is -0.387 e. The highest BCUT2D eigenvalue weighted by atomic mass is 19.1. The van der Waals surface area contributed by atoms with Crippen LogP contribution in [0.3, 0.4) is 0 Å². The van der Waals surface area contributed by atoms with Crippen molar-refractivity contribution in [3.05, 3.63) is 41.1 Å². The van der Waals surface area contributed by atoms with Crippen LogP contribution in [0.15, 0.2) is 18.3 Å². The van der Waals surface area contributed by atoms with Gasteiger partial charge >= 0.3 is 0 Å². The first-order chi connectivity index (χ1) is 9.65. The molecule has 0 fully saturated rings. The molecule has 0 spiro atoms. The number of aliphatic hydroxyl groups excluding tert-OH is 1. The Kier molecular flexibility index (Phi) is 3.03. The second-order valence-corrected chi connectivity index (χ2v) is 5.00. The monoisotopic (exact) mass is 271 g/mol. The molecule has 1 atom stereocenters. The fourth-order valence-electron chi connectivity index (χ4n) is 2.98. The average Bonchev–Trinajstić information content (AvgIpc) is 2.73. The van der Waals surface area contributed by atoms with Crippen LogP contribution >= 0.6 is 0 Å². The van der Waals surface area contributed by atoms with E-state index in [1.165, 1.54) is 6.20 Å². The molecule has 0 saturated carbocycles. The van der Waals surface area contributed by atoms with Crippen molar-refractivity contribution in [1.29, 1.82) is 5.26 Å². The molecule has 1 aliphatic rings. The van der Waals surface area contributed by atoms with Crippen molar-refractivity contribution in [2.75, 3.05) is 0 Å². The highest BCUT2D eigenvalue weighted by Crippen LogP contribution is 2.38. The second kappa shape index (κ2) is 4.73. The van der Waals surface area contributed by atoms with Gasteiger partial charge in [0.2, 0.25) is 5.95 Å². The molecule has 0 aliphatic carbocycles. The number of hydrogen-bond donors (Lipinski definition) is 1. The van der Waals surface area contributed by atoms with E-state index in [0.717, 1.165) is 6.42 Å². The summed E-state index contributed by atoms with van der Waals surface area (Å²) in [5.74, 6) is -0.555. The number of hydrogen-bond acceptors (Lipinski definition) is 3. The van der Waals surface area contributed by atoms with Gasteiger partial charge in [-0.15, -0.1) is 0 Å². The Morgan fingerprint density at radius 3 is 3.05 bits per heavy atom. The SMILES string of the molecule is Cc1c(C#N)c2n(c1-c1cccnc1F)CCCC2O. The van der Waals surface area contributed by atoms with Crippen molar-refractivity contribution in [2.24, 2.45) is 0 Å². The molecule has 5 heteroatoms. The van der Waals surface area contributed by atoms with Crippen molar-refractivity contribution in [3.63, 3.8) is 0 Å². The van der Waals surface area contributed by atoms with Gasteiger partial charge in [-0.05, 0) is 37.5 Å². The quantitative estimate of drug-likeness (QED) is 0.811. The smallest absolute Gasteiger partial charge is 0.222 e. The van der Waals surface area contributed by atoms with Crippen LogP contribution in [0, 0.1) is 24.2 Å². The topological polar surface area (TPSA) is 61.8 Å². The molecule has 3 rings (SSSR count). The standard InChI is InChI=1S/C15H14FN3O/c1-9-11(8-17)14-12(20)5-3-7-19(14)13(9)10-4-2-6-18-15(10)16/h2,4,6,12,20H,3,5,7H2,1H3. The first-order valence-electron chi connectivity index (χ1n) is 6.57. The van der Waals surface area contributed by atoms with Crippen LogP contribution in [-0.4, -0.2) is 14.7 Å². The van der Waals surface area contributed by atoms with E-state index in [1.54, 1.807) is 19.1 Å². The largest absolute Gasteiger partial charge is 0.387 e. The Hall–Kier alpha value is -2.19. The lowest BCUT2D eigenvalue weighted by atomic mass is 10.0. The molecule has 2 aromatic heterocycles. The van der Waals surface area contributed by atoms with Gasteiger partial charge in [0.1, 0.15) is 6.07 Å². The third-order valence-electron chi connectivity index (χ3n) is 3.85. The molecule has 0 saturated heterocycles. The van der Waals surface area contributed by atoms with Crippen LogP contribution in [0.4, 0.5) is 4.39 Å². The molecule has 0 aromatic carbocycles. The van der Waals surface area contributed by atoms with Gasteiger partial charge in [-0.3, -0.25) is 0 Å². The lowest BCUT2D eigenvalue weighted by Gasteiger charge is -2.23.